The second kappa shape index (κ2) is 3.51. The monoisotopic (exact) mass is 209 g/mol. The van der Waals surface area contributed by atoms with Gasteiger partial charge in [-0.05, 0) is 24.6 Å². The molecule has 2 atom stereocenters. The number of primary amides is 1. The van der Waals surface area contributed by atoms with Crippen LogP contribution in [0.15, 0.2) is 18.2 Å². The van der Waals surface area contributed by atoms with Gasteiger partial charge in [0.2, 0.25) is 0 Å². The Hall–Kier alpha value is -1.62. The van der Waals surface area contributed by atoms with Gasteiger partial charge in [-0.3, -0.25) is 4.79 Å². The van der Waals surface area contributed by atoms with Crippen LogP contribution in [0.5, 0.6) is 0 Å². The Bertz CT molecular complexity index is 408. The van der Waals surface area contributed by atoms with Crippen LogP contribution in [0.2, 0.25) is 0 Å². The standard InChI is InChI=1S/C10H12FN3O/c11-5-1-2-8(6(3-5)10(13)15)14-9-4-7(9)12/h1-3,7,9,14H,4,12H2,(H2,13,15). The molecule has 1 saturated carbocycles. The smallest absolute Gasteiger partial charge is 0.250 e. The molecule has 1 amide bonds. The first-order valence-electron chi connectivity index (χ1n) is 4.69. The van der Waals surface area contributed by atoms with Crippen LogP contribution in [0.1, 0.15) is 16.8 Å². The normalized spacial score (nSPS) is 23.6. The number of halogens is 1. The lowest BCUT2D eigenvalue weighted by Gasteiger charge is -2.09. The van der Waals surface area contributed by atoms with Gasteiger partial charge in [0.1, 0.15) is 5.82 Å². The molecule has 0 heterocycles. The van der Waals surface area contributed by atoms with Crippen molar-refractivity contribution in [3.05, 3.63) is 29.6 Å². The largest absolute Gasteiger partial charge is 0.380 e. The van der Waals surface area contributed by atoms with Crippen LogP contribution < -0.4 is 16.8 Å². The Morgan fingerprint density at radius 3 is 2.73 bits per heavy atom. The summed E-state index contributed by atoms with van der Waals surface area (Å²) in [4.78, 5) is 11.0. The molecule has 1 aliphatic carbocycles. The van der Waals surface area contributed by atoms with Crippen LogP contribution in [0.4, 0.5) is 10.1 Å². The lowest BCUT2D eigenvalue weighted by Crippen LogP contribution is -2.18. The quantitative estimate of drug-likeness (QED) is 0.675. The molecule has 0 radical (unpaired) electrons. The maximum atomic E-state index is 12.9. The number of hydrogen-bond acceptors (Lipinski definition) is 3. The van der Waals surface area contributed by atoms with Crippen molar-refractivity contribution in [3.63, 3.8) is 0 Å². The third kappa shape index (κ3) is 2.07. The predicted octanol–water partition coefficient (Wildman–Crippen LogP) is 0.436. The average Bonchev–Trinajstić information content (AvgIpc) is 2.85. The van der Waals surface area contributed by atoms with E-state index in [1.807, 2.05) is 0 Å². The van der Waals surface area contributed by atoms with Gasteiger partial charge in [0.25, 0.3) is 5.91 Å². The van der Waals surface area contributed by atoms with Crippen molar-refractivity contribution < 1.29 is 9.18 Å². The molecule has 80 valence electrons. The lowest BCUT2D eigenvalue weighted by molar-refractivity contribution is 0.100. The van der Waals surface area contributed by atoms with Crippen molar-refractivity contribution in [1.82, 2.24) is 0 Å². The van der Waals surface area contributed by atoms with E-state index in [1.54, 1.807) is 0 Å². The number of nitrogens with two attached hydrogens (primary N) is 2. The Morgan fingerprint density at radius 2 is 2.20 bits per heavy atom. The lowest BCUT2D eigenvalue weighted by atomic mass is 10.1. The molecule has 0 spiro atoms. The van der Waals surface area contributed by atoms with Gasteiger partial charge in [0.05, 0.1) is 5.56 Å². The summed E-state index contributed by atoms with van der Waals surface area (Å²) in [7, 11) is 0. The van der Waals surface area contributed by atoms with Crippen molar-refractivity contribution in [1.29, 1.82) is 0 Å². The molecule has 1 aromatic rings. The zero-order valence-electron chi connectivity index (χ0n) is 8.03. The summed E-state index contributed by atoms with van der Waals surface area (Å²) < 4.78 is 12.9. The van der Waals surface area contributed by atoms with E-state index < -0.39 is 11.7 Å². The van der Waals surface area contributed by atoms with Gasteiger partial charge in [-0.25, -0.2) is 4.39 Å². The zero-order chi connectivity index (χ0) is 11.0. The molecule has 1 aliphatic rings. The van der Waals surface area contributed by atoms with E-state index in [0.29, 0.717) is 5.69 Å². The van der Waals surface area contributed by atoms with E-state index in [-0.39, 0.29) is 17.6 Å². The van der Waals surface area contributed by atoms with Gasteiger partial charge < -0.3 is 16.8 Å². The van der Waals surface area contributed by atoms with Gasteiger partial charge in [0, 0.05) is 17.8 Å². The SMILES string of the molecule is NC(=O)c1cc(F)ccc1NC1CC1N. The van der Waals surface area contributed by atoms with Gasteiger partial charge >= 0.3 is 0 Å². The van der Waals surface area contributed by atoms with Crippen LogP contribution in [0.3, 0.4) is 0 Å². The number of carbonyl (C=O) groups excluding carboxylic acids is 1. The van der Waals surface area contributed by atoms with Crippen LogP contribution in [-0.4, -0.2) is 18.0 Å². The molecule has 0 aliphatic heterocycles. The molecule has 4 nitrogen and oxygen atoms in total. The molecule has 5 N–H and O–H groups in total. The van der Waals surface area contributed by atoms with E-state index in [0.717, 1.165) is 12.5 Å². The van der Waals surface area contributed by atoms with Crippen LogP contribution >= 0.6 is 0 Å². The maximum absolute atomic E-state index is 12.9. The van der Waals surface area contributed by atoms with E-state index in [4.69, 9.17) is 11.5 Å². The number of amides is 1. The molecule has 2 unspecified atom stereocenters. The molecule has 1 fully saturated rings. The molecule has 15 heavy (non-hydrogen) atoms. The highest BCUT2D eigenvalue weighted by atomic mass is 19.1. The minimum Gasteiger partial charge on any atom is -0.380 e. The van der Waals surface area contributed by atoms with Crippen molar-refractivity contribution in [2.24, 2.45) is 11.5 Å². The highest BCUT2D eigenvalue weighted by Gasteiger charge is 2.33. The van der Waals surface area contributed by atoms with E-state index in [2.05, 4.69) is 5.32 Å². The number of hydrogen-bond donors (Lipinski definition) is 3. The topological polar surface area (TPSA) is 81.1 Å². The number of carbonyl (C=O) groups is 1. The average molecular weight is 209 g/mol. The number of anilines is 1. The summed E-state index contributed by atoms with van der Waals surface area (Å²) in [5, 5.41) is 3.05. The Balaban J connectivity index is 2.25. The number of benzene rings is 1. The summed E-state index contributed by atoms with van der Waals surface area (Å²) >= 11 is 0. The number of nitrogens with one attached hydrogen (secondary N) is 1. The van der Waals surface area contributed by atoms with Crippen LogP contribution in [0.25, 0.3) is 0 Å². The first kappa shape index (κ1) is 9.92. The van der Waals surface area contributed by atoms with Crippen LogP contribution in [0, 0.1) is 5.82 Å². The zero-order valence-corrected chi connectivity index (χ0v) is 8.03. The van der Waals surface area contributed by atoms with Crippen molar-refractivity contribution in [2.75, 3.05) is 5.32 Å². The third-order valence-electron chi connectivity index (χ3n) is 2.43. The summed E-state index contributed by atoms with van der Waals surface area (Å²) in [6.45, 7) is 0. The molecular formula is C10H12FN3O. The second-order valence-electron chi connectivity index (χ2n) is 3.70. The molecular weight excluding hydrogens is 197 g/mol. The van der Waals surface area contributed by atoms with E-state index in [9.17, 15) is 9.18 Å². The molecule has 1 aromatic carbocycles. The Kier molecular flexibility index (Phi) is 2.32. The van der Waals surface area contributed by atoms with Crippen molar-refractivity contribution in [3.8, 4) is 0 Å². The summed E-state index contributed by atoms with van der Waals surface area (Å²) in [6, 6.07) is 4.17. The number of rotatable bonds is 3. The molecule has 0 aromatic heterocycles. The van der Waals surface area contributed by atoms with Gasteiger partial charge in [-0.2, -0.15) is 0 Å². The molecule has 0 saturated heterocycles. The summed E-state index contributed by atoms with van der Waals surface area (Å²) in [5.41, 5.74) is 11.5. The highest BCUT2D eigenvalue weighted by Crippen LogP contribution is 2.26. The van der Waals surface area contributed by atoms with E-state index >= 15 is 0 Å². The fourth-order valence-corrected chi connectivity index (χ4v) is 1.43. The minimum absolute atomic E-state index is 0.107. The Labute approximate surface area is 86.4 Å². The first-order chi connectivity index (χ1) is 7.08. The molecule has 2 rings (SSSR count). The van der Waals surface area contributed by atoms with Crippen LogP contribution in [-0.2, 0) is 0 Å². The minimum atomic E-state index is -0.647. The van der Waals surface area contributed by atoms with Gasteiger partial charge in [-0.15, -0.1) is 0 Å². The predicted molar refractivity (Wildman–Crippen MR) is 54.9 cm³/mol. The third-order valence-corrected chi connectivity index (χ3v) is 2.43. The fourth-order valence-electron chi connectivity index (χ4n) is 1.43. The fraction of sp³-hybridized carbons (Fsp3) is 0.300. The highest BCUT2D eigenvalue weighted by molar-refractivity contribution is 5.98. The second-order valence-corrected chi connectivity index (χ2v) is 3.70. The van der Waals surface area contributed by atoms with Gasteiger partial charge in [0.15, 0.2) is 0 Å². The summed E-state index contributed by atoms with van der Waals surface area (Å²) in [6.07, 6.45) is 0.857. The molecule has 0 bridgehead atoms. The first-order valence-corrected chi connectivity index (χ1v) is 4.69. The van der Waals surface area contributed by atoms with Crippen molar-refractivity contribution in [2.45, 2.75) is 18.5 Å². The molecule has 5 heteroatoms. The van der Waals surface area contributed by atoms with E-state index in [1.165, 1.54) is 12.1 Å². The summed E-state index contributed by atoms with van der Waals surface area (Å²) in [5.74, 6) is -1.12. The maximum Gasteiger partial charge on any atom is 0.250 e. The van der Waals surface area contributed by atoms with Gasteiger partial charge in [-0.1, -0.05) is 0 Å². The van der Waals surface area contributed by atoms with Crippen molar-refractivity contribution >= 4 is 11.6 Å². The Morgan fingerprint density at radius 1 is 1.53 bits per heavy atom.